The number of carbonyl (C=O) groups excluding carboxylic acids is 2. The second-order valence-electron chi connectivity index (χ2n) is 3.75. The van der Waals surface area contributed by atoms with Gasteiger partial charge in [0.25, 0.3) is 0 Å². The fraction of sp³-hybridized carbons (Fsp3) is 0.800. The molecular formula is C10H18N2O3. The molecule has 0 aromatic rings. The van der Waals surface area contributed by atoms with E-state index in [0.29, 0.717) is 19.5 Å². The summed E-state index contributed by atoms with van der Waals surface area (Å²) in [6.45, 7) is 3.12. The van der Waals surface area contributed by atoms with E-state index in [1.165, 1.54) is 0 Å². The molecule has 1 unspecified atom stereocenters. The lowest BCUT2D eigenvalue weighted by Gasteiger charge is -2.25. The van der Waals surface area contributed by atoms with E-state index in [4.69, 9.17) is 5.73 Å². The van der Waals surface area contributed by atoms with Crippen LogP contribution in [0, 0.1) is 0 Å². The molecule has 15 heavy (non-hydrogen) atoms. The van der Waals surface area contributed by atoms with Crippen molar-refractivity contribution in [2.45, 2.75) is 38.6 Å². The predicted octanol–water partition coefficient (Wildman–Crippen LogP) is 0.873. The monoisotopic (exact) mass is 214 g/mol. The number of rotatable bonds is 2. The Kier molecular flexibility index (Phi) is 4.55. The highest BCUT2D eigenvalue weighted by molar-refractivity contribution is 5.87. The topological polar surface area (TPSA) is 72.6 Å². The van der Waals surface area contributed by atoms with Crippen LogP contribution in [0.25, 0.3) is 0 Å². The van der Waals surface area contributed by atoms with E-state index in [1.807, 2.05) is 0 Å². The van der Waals surface area contributed by atoms with E-state index in [9.17, 15) is 9.59 Å². The van der Waals surface area contributed by atoms with Crippen LogP contribution in [0.4, 0.5) is 4.79 Å². The number of ether oxygens (including phenoxy) is 1. The average Bonchev–Trinajstić information content (AvgIpc) is 2.29. The third kappa shape index (κ3) is 3.51. The van der Waals surface area contributed by atoms with E-state index in [-0.39, 0.29) is 0 Å². The van der Waals surface area contributed by atoms with Crippen LogP contribution in [0.15, 0.2) is 0 Å². The molecule has 1 rings (SSSR count). The van der Waals surface area contributed by atoms with Crippen LogP contribution in [0.2, 0.25) is 0 Å². The highest BCUT2D eigenvalue weighted by Gasteiger charge is 2.22. The normalized spacial score (nSPS) is 18.4. The SMILES string of the molecule is CCC(N)C(=O)OC(=O)N1CCCCC1. The van der Waals surface area contributed by atoms with Crippen molar-refractivity contribution in [1.29, 1.82) is 0 Å². The molecule has 0 aliphatic carbocycles. The van der Waals surface area contributed by atoms with Gasteiger partial charge >= 0.3 is 12.1 Å². The number of carbonyl (C=O) groups is 2. The van der Waals surface area contributed by atoms with Crippen molar-refractivity contribution in [3.8, 4) is 0 Å². The lowest BCUT2D eigenvalue weighted by molar-refractivity contribution is -0.140. The van der Waals surface area contributed by atoms with E-state index in [0.717, 1.165) is 19.3 Å². The number of hydrogen-bond donors (Lipinski definition) is 1. The summed E-state index contributed by atoms with van der Waals surface area (Å²) in [6, 6.07) is -0.696. The van der Waals surface area contributed by atoms with Gasteiger partial charge in [0.15, 0.2) is 0 Å². The van der Waals surface area contributed by atoms with Crippen molar-refractivity contribution in [3.63, 3.8) is 0 Å². The Hall–Kier alpha value is -1.10. The first-order chi connectivity index (χ1) is 7.15. The summed E-state index contributed by atoms with van der Waals surface area (Å²) in [4.78, 5) is 24.2. The van der Waals surface area contributed by atoms with Crippen LogP contribution in [0.3, 0.4) is 0 Å². The Morgan fingerprint density at radius 2 is 1.93 bits per heavy atom. The fourth-order valence-corrected chi connectivity index (χ4v) is 1.47. The Morgan fingerprint density at radius 3 is 2.47 bits per heavy atom. The predicted molar refractivity (Wildman–Crippen MR) is 55.2 cm³/mol. The van der Waals surface area contributed by atoms with Gasteiger partial charge < -0.3 is 15.4 Å². The van der Waals surface area contributed by atoms with Crippen molar-refractivity contribution >= 4 is 12.1 Å². The zero-order valence-electron chi connectivity index (χ0n) is 9.07. The summed E-state index contributed by atoms with van der Waals surface area (Å²) >= 11 is 0. The molecule has 1 aliphatic heterocycles. The van der Waals surface area contributed by atoms with Crippen LogP contribution in [0.5, 0.6) is 0 Å². The van der Waals surface area contributed by atoms with Crippen LogP contribution in [-0.4, -0.2) is 36.1 Å². The third-order valence-corrected chi connectivity index (χ3v) is 2.54. The van der Waals surface area contributed by atoms with Gasteiger partial charge in [-0.05, 0) is 25.7 Å². The Labute approximate surface area is 89.6 Å². The molecule has 0 spiro atoms. The number of likely N-dealkylation sites (tertiary alicyclic amines) is 1. The van der Waals surface area contributed by atoms with Crippen LogP contribution in [0.1, 0.15) is 32.6 Å². The van der Waals surface area contributed by atoms with Gasteiger partial charge in [0.2, 0.25) is 0 Å². The van der Waals surface area contributed by atoms with Gasteiger partial charge in [-0.2, -0.15) is 0 Å². The molecule has 0 saturated carbocycles. The number of esters is 1. The van der Waals surface area contributed by atoms with Crippen molar-refractivity contribution in [2.24, 2.45) is 5.73 Å². The van der Waals surface area contributed by atoms with Crippen molar-refractivity contribution < 1.29 is 14.3 Å². The molecule has 86 valence electrons. The van der Waals surface area contributed by atoms with Crippen LogP contribution >= 0.6 is 0 Å². The molecule has 0 bridgehead atoms. The van der Waals surface area contributed by atoms with Crippen LogP contribution in [-0.2, 0) is 9.53 Å². The van der Waals surface area contributed by atoms with Crippen molar-refractivity contribution in [1.82, 2.24) is 4.90 Å². The van der Waals surface area contributed by atoms with E-state index in [2.05, 4.69) is 4.74 Å². The number of nitrogens with zero attached hydrogens (tertiary/aromatic N) is 1. The quantitative estimate of drug-likeness (QED) is 0.547. The fourth-order valence-electron chi connectivity index (χ4n) is 1.47. The molecule has 5 heteroatoms. The summed E-state index contributed by atoms with van der Waals surface area (Å²) in [5.74, 6) is -0.631. The summed E-state index contributed by atoms with van der Waals surface area (Å²) in [5.41, 5.74) is 5.45. The standard InChI is InChI=1S/C10H18N2O3/c1-2-8(11)9(13)15-10(14)12-6-4-3-5-7-12/h8H,2-7,11H2,1H3. The number of piperidine rings is 1. The molecule has 1 aliphatic rings. The average molecular weight is 214 g/mol. The van der Waals surface area contributed by atoms with Gasteiger partial charge in [0, 0.05) is 13.1 Å². The van der Waals surface area contributed by atoms with Crippen LogP contribution < -0.4 is 5.73 Å². The molecule has 0 radical (unpaired) electrons. The minimum Gasteiger partial charge on any atom is -0.375 e. The minimum atomic E-state index is -0.696. The number of amides is 1. The summed E-state index contributed by atoms with van der Waals surface area (Å²) in [6.07, 6.45) is 3.01. The lowest BCUT2D eigenvalue weighted by atomic mass is 10.1. The molecule has 1 atom stereocenters. The first-order valence-corrected chi connectivity index (χ1v) is 5.41. The maximum absolute atomic E-state index is 11.5. The Bertz CT molecular complexity index is 237. The molecule has 1 fully saturated rings. The van der Waals surface area contributed by atoms with Gasteiger partial charge in [-0.1, -0.05) is 6.92 Å². The van der Waals surface area contributed by atoms with Gasteiger partial charge in [0.05, 0.1) is 0 Å². The molecule has 0 aromatic carbocycles. The minimum absolute atomic E-state index is 0.478. The molecule has 2 N–H and O–H groups in total. The smallest absolute Gasteiger partial charge is 0.375 e. The largest absolute Gasteiger partial charge is 0.417 e. The first-order valence-electron chi connectivity index (χ1n) is 5.41. The molecule has 1 saturated heterocycles. The second kappa shape index (κ2) is 5.70. The highest BCUT2D eigenvalue weighted by Crippen LogP contribution is 2.10. The van der Waals surface area contributed by atoms with Gasteiger partial charge in [-0.15, -0.1) is 0 Å². The van der Waals surface area contributed by atoms with E-state index < -0.39 is 18.1 Å². The number of hydrogen-bond acceptors (Lipinski definition) is 4. The lowest BCUT2D eigenvalue weighted by Crippen LogP contribution is -2.40. The molecule has 1 amide bonds. The molecular weight excluding hydrogens is 196 g/mol. The first kappa shape index (κ1) is 12.0. The maximum Gasteiger partial charge on any atom is 0.417 e. The van der Waals surface area contributed by atoms with Crippen molar-refractivity contribution in [3.05, 3.63) is 0 Å². The summed E-state index contributed by atoms with van der Waals surface area (Å²) < 4.78 is 4.67. The third-order valence-electron chi connectivity index (χ3n) is 2.54. The summed E-state index contributed by atoms with van der Waals surface area (Å²) in [5, 5.41) is 0. The second-order valence-corrected chi connectivity index (χ2v) is 3.75. The maximum atomic E-state index is 11.5. The molecule has 1 heterocycles. The van der Waals surface area contributed by atoms with Gasteiger partial charge in [0.1, 0.15) is 6.04 Å². The zero-order chi connectivity index (χ0) is 11.3. The Balaban J connectivity index is 2.37. The van der Waals surface area contributed by atoms with E-state index >= 15 is 0 Å². The van der Waals surface area contributed by atoms with E-state index in [1.54, 1.807) is 11.8 Å². The zero-order valence-corrected chi connectivity index (χ0v) is 9.07. The molecule has 0 aromatic heterocycles. The Morgan fingerprint density at radius 1 is 1.33 bits per heavy atom. The molecule has 5 nitrogen and oxygen atoms in total. The van der Waals surface area contributed by atoms with Gasteiger partial charge in [-0.25, -0.2) is 9.59 Å². The summed E-state index contributed by atoms with van der Waals surface area (Å²) in [7, 11) is 0. The van der Waals surface area contributed by atoms with Gasteiger partial charge in [-0.3, -0.25) is 0 Å². The highest BCUT2D eigenvalue weighted by atomic mass is 16.6. The van der Waals surface area contributed by atoms with Crippen molar-refractivity contribution in [2.75, 3.05) is 13.1 Å². The number of nitrogens with two attached hydrogens (primary N) is 1.